The van der Waals surface area contributed by atoms with Crippen molar-refractivity contribution in [2.45, 2.75) is 78.2 Å². The van der Waals surface area contributed by atoms with Gasteiger partial charge in [-0.05, 0) is 36.3 Å². The van der Waals surface area contributed by atoms with Crippen LogP contribution in [0, 0.1) is 11.8 Å². The lowest BCUT2D eigenvalue weighted by atomic mass is 9.62. The summed E-state index contributed by atoms with van der Waals surface area (Å²) in [4.78, 5) is 0. The Kier molecular flexibility index (Phi) is 5.02. The van der Waals surface area contributed by atoms with E-state index in [1.807, 2.05) is 0 Å². The van der Waals surface area contributed by atoms with Crippen molar-refractivity contribution >= 4 is 14.2 Å². The fraction of sp³-hybridized carbons (Fsp3) is 1.00. The molecule has 5 heteroatoms. The predicted molar refractivity (Wildman–Crippen MR) is 80.1 cm³/mol. The molecule has 0 aromatic carbocycles. The van der Waals surface area contributed by atoms with Crippen molar-refractivity contribution in [2.75, 3.05) is 0 Å². The molecule has 0 saturated carbocycles. The predicted octanol–water partition coefficient (Wildman–Crippen LogP) is 3.65. The van der Waals surface area contributed by atoms with Crippen LogP contribution in [0.4, 0.5) is 0 Å². The summed E-state index contributed by atoms with van der Waals surface area (Å²) in [7, 11) is -0.203. The summed E-state index contributed by atoms with van der Waals surface area (Å²) >= 11 is 0. The fourth-order valence-corrected chi connectivity index (χ4v) is 3.39. The van der Waals surface area contributed by atoms with E-state index in [1.54, 1.807) is 0 Å². The third-order valence-electron chi connectivity index (χ3n) is 5.38. The standard InChI is InChI=1S/C14H28B2O3/c1-7-13-9(3)11(5)15(17-13)19-16-12(6)10(4)14(8-2)18-16/h9-14H,7-8H2,1-6H3/t9-,10-,11+,12+,13+,14+/m1/s1. The number of hydrogen-bond donors (Lipinski definition) is 0. The van der Waals surface area contributed by atoms with E-state index in [2.05, 4.69) is 41.5 Å². The highest BCUT2D eigenvalue weighted by molar-refractivity contribution is 6.61. The van der Waals surface area contributed by atoms with Gasteiger partial charge < -0.3 is 13.9 Å². The van der Waals surface area contributed by atoms with E-state index in [-0.39, 0.29) is 14.2 Å². The zero-order valence-corrected chi connectivity index (χ0v) is 13.3. The molecule has 0 aromatic heterocycles. The lowest BCUT2D eigenvalue weighted by molar-refractivity contribution is 0.145. The zero-order chi connectivity index (χ0) is 14.2. The Bertz CT molecular complexity index is 274. The average Bonchev–Trinajstić information content (AvgIpc) is 2.83. The molecule has 0 amide bonds. The molecule has 0 aliphatic carbocycles. The minimum atomic E-state index is -0.102. The first-order valence-corrected chi connectivity index (χ1v) is 7.95. The molecule has 0 aromatic rings. The van der Waals surface area contributed by atoms with Crippen molar-refractivity contribution in [1.29, 1.82) is 0 Å². The second kappa shape index (κ2) is 6.19. The van der Waals surface area contributed by atoms with Gasteiger partial charge in [-0.15, -0.1) is 0 Å². The second-order valence-electron chi connectivity index (χ2n) is 6.47. The molecular formula is C14H28B2O3. The summed E-state index contributed by atoms with van der Waals surface area (Å²) in [6.07, 6.45) is 2.77. The Morgan fingerprint density at radius 2 is 1.16 bits per heavy atom. The molecular weight excluding hydrogens is 238 g/mol. The van der Waals surface area contributed by atoms with Crippen LogP contribution in [0.1, 0.15) is 54.4 Å². The molecule has 3 nitrogen and oxygen atoms in total. The normalized spacial score (nSPS) is 43.3. The maximum atomic E-state index is 6.16. The van der Waals surface area contributed by atoms with Crippen molar-refractivity contribution in [2.24, 2.45) is 11.8 Å². The first kappa shape index (κ1) is 15.4. The summed E-state index contributed by atoms with van der Waals surface area (Å²) in [5, 5.41) is 0. The molecule has 0 radical (unpaired) electrons. The Balaban J connectivity index is 1.95. The molecule has 2 saturated heterocycles. The average molecular weight is 266 g/mol. The van der Waals surface area contributed by atoms with Gasteiger partial charge in [-0.3, -0.25) is 0 Å². The zero-order valence-electron chi connectivity index (χ0n) is 13.3. The molecule has 0 bridgehead atoms. The van der Waals surface area contributed by atoms with E-state index in [0.29, 0.717) is 35.7 Å². The third kappa shape index (κ3) is 2.88. The van der Waals surface area contributed by atoms with Crippen molar-refractivity contribution in [3.8, 4) is 0 Å². The van der Waals surface area contributed by atoms with E-state index >= 15 is 0 Å². The molecule has 0 spiro atoms. The molecule has 0 unspecified atom stereocenters. The first-order valence-electron chi connectivity index (χ1n) is 7.95. The van der Waals surface area contributed by atoms with Crippen molar-refractivity contribution in [1.82, 2.24) is 0 Å². The third-order valence-corrected chi connectivity index (χ3v) is 5.38. The Hall–Kier alpha value is 0.00987. The van der Waals surface area contributed by atoms with Gasteiger partial charge in [0.25, 0.3) is 0 Å². The van der Waals surface area contributed by atoms with Crippen LogP contribution in [0.5, 0.6) is 0 Å². The van der Waals surface area contributed by atoms with Crippen LogP contribution in [0.25, 0.3) is 0 Å². The largest absolute Gasteiger partial charge is 0.451 e. The molecule has 19 heavy (non-hydrogen) atoms. The van der Waals surface area contributed by atoms with Gasteiger partial charge in [-0.2, -0.15) is 0 Å². The van der Waals surface area contributed by atoms with Gasteiger partial charge in [0.05, 0.1) is 0 Å². The minimum Gasteiger partial charge on any atom is -0.451 e. The van der Waals surface area contributed by atoms with Gasteiger partial charge in [0.1, 0.15) is 0 Å². The van der Waals surface area contributed by atoms with Crippen LogP contribution in [0.3, 0.4) is 0 Å². The molecule has 2 rings (SSSR count). The van der Waals surface area contributed by atoms with Gasteiger partial charge in [0.2, 0.25) is 0 Å². The maximum Gasteiger partial charge on any atom is 0.446 e. The van der Waals surface area contributed by atoms with E-state index in [0.717, 1.165) is 12.8 Å². The molecule has 2 heterocycles. The Labute approximate surface area is 119 Å². The van der Waals surface area contributed by atoms with Gasteiger partial charge in [0.15, 0.2) is 0 Å². The summed E-state index contributed by atoms with van der Waals surface area (Å²) in [6.45, 7) is 13.3. The fourth-order valence-electron chi connectivity index (χ4n) is 3.39. The van der Waals surface area contributed by atoms with Crippen molar-refractivity contribution < 1.29 is 13.9 Å². The summed E-state index contributed by atoms with van der Waals surface area (Å²) in [6, 6.07) is 0. The van der Waals surface area contributed by atoms with Crippen molar-refractivity contribution in [3.05, 3.63) is 0 Å². The number of hydrogen-bond acceptors (Lipinski definition) is 3. The summed E-state index contributed by atoms with van der Waals surface area (Å²) < 4.78 is 18.3. The van der Waals surface area contributed by atoms with Crippen LogP contribution in [-0.4, -0.2) is 26.4 Å². The highest BCUT2D eigenvalue weighted by atomic mass is 16.7. The van der Waals surface area contributed by atoms with Crippen molar-refractivity contribution in [3.63, 3.8) is 0 Å². The second-order valence-corrected chi connectivity index (χ2v) is 6.47. The van der Waals surface area contributed by atoms with Crippen LogP contribution in [-0.2, 0) is 13.9 Å². The van der Waals surface area contributed by atoms with Gasteiger partial charge in [-0.1, -0.05) is 41.5 Å². The molecule has 2 aliphatic heterocycles. The Morgan fingerprint density at radius 3 is 1.42 bits per heavy atom. The van der Waals surface area contributed by atoms with Gasteiger partial charge >= 0.3 is 14.2 Å². The molecule has 2 aliphatic rings. The van der Waals surface area contributed by atoms with Crippen LogP contribution in [0.2, 0.25) is 11.6 Å². The van der Waals surface area contributed by atoms with Gasteiger partial charge in [-0.25, -0.2) is 0 Å². The van der Waals surface area contributed by atoms with E-state index < -0.39 is 0 Å². The summed E-state index contributed by atoms with van der Waals surface area (Å²) in [5.41, 5.74) is 0. The van der Waals surface area contributed by atoms with Crippen LogP contribution < -0.4 is 0 Å². The van der Waals surface area contributed by atoms with E-state index in [1.165, 1.54) is 0 Å². The molecule has 0 N–H and O–H groups in total. The topological polar surface area (TPSA) is 27.7 Å². The van der Waals surface area contributed by atoms with Crippen LogP contribution in [0.15, 0.2) is 0 Å². The van der Waals surface area contributed by atoms with Crippen LogP contribution >= 0.6 is 0 Å². The minimum absolute atomic E-state index is 0.102. The molecule has 6 atom stereocenters. The number of rotatable bonds is 4. The van der Waals surface area contributed by atoms with Gasteiger partial charge in [0, 0.05) is 12.2 Å². The molecule has 108 valence electrons. The van der Waals surface area contributed by atoms with E-state index in [4.69, 9.17) is 13.9 Å². The first-order chi connectivity index (χ1) is 8.99. The lowest BCUT2D eigenvalue weighted by Gasteiger charge is -2.18. The smallest absolute Gasteiger partial charge is 0.446 e. The maximum absolute atomic E-state index is 6.16. The quantitative estimate of drug-likeness (QED) is 0.727. The Morgan fingerprint density at radius 1 is 0.789 bits per heavy atom. The summed E-state index contributed by atoms with van der Waals surface area (Å²) in [5.74, 6) is 2.01. The molecule has 2 fully saturated rings. The highest BCUT2D eigenvalue weighted by Crippen LogP contribution is 2.41. The monoisotopic (exact) mass is 266 g/mol. The lowest BCUT2D eigenvalue weighted by Crippen LogP contribution is -2.34. The SMILES string of the molecule is CC[C@@H]1OB(OB2O[C@@H](CC)[C@H](C)[C@@H]2C)[C@@H](C)[C@H]1C. The highest BCUT2D eigenvalue weighted by Gasteiger charge is 2.50. The van der Waals surface area contributed by atoms with E-state index in [9.17, 15) is 0 Å².